The van der Waals surface area contributed by atoms with Crippen LogP contribution in [0.3, 0.4) is 0 Å². The summed E-state index contributed by atoms with van der Waals surface area (Å²) < 4.78 is 0. The minimum Gasteiger partial charge on any atom is -0.355 e. The Balaban J connectivity index is 3.10. The van der Waals surface area contributed by atoms with Crippen LogP contribution >= 0.6 is 0 Å². The molecule has 0 unspecified atom stereocenters. The summed E-state index contributed by atoms with van der Waals surface area (Å²) in [6, 6.07) is 0. The van der Waals surface area contributed by atoms with E-state index in [0.717, 1.165) is 26.1 Å². The van der Waals surface area contributed by atoms with Crippen molar-refractivity contribution in [3.05, 3.63) is 0 Å². The SMILES string of the molecule is CNCCCC(=O)NCCNC. The summed E-state index contributed by atoms with van der Waals surface area (Å²) in [4.78, 5) is 11.0. The van der Waals surface area contributed by atoms with E-state index in [2.05, 4.69) is 16.0 Å². The maximum Gasteiger partial charge on any atom is 0.220 e. The second-order valence-electron chi connectivity index (χ2n) is 2.66. The molecule has 0 rings (SSSR count). The van der Waals surface area contributed by atoms with Gasteiger partial charge in [-0.1, -0.05) is 0 Å². The third-order valence-corrected chi connectivity index (χ3v) is 1.53. The third kappa shape index (κ3) is 7.50. The van der Waals surface area contributed by atoms with Crippen molar-refractivity contribution < 1.29 is 4.79 Å². The summed E-state index contributed by atoms with van der Waals surface area (Å²) in [7, 11) is 3.76. The van der Waals surface area contributed by atoms with Gasteiger partial charge in [-0.3, -0.25) is 4.79 Å². The van der Waals surface area contributed by atoms with Gasteiger partial charge in [0.2, 0.25) is 5.91 Å². The molecule has 4 heteroatoms. The second-order valence-corrected chi connectivity index (χ2v) is 2.66. The molecular formula is C8H19N3O. The van der Waals surface area contributed by atoms with Crippen molar-refractivity contribution in [3.8, 4) is 0 Å². The van der Waals surface area contributed by atoms with Gasteiger partial charge in [-0.2, -0.15) is 0 Å². The molecule has 0 aliphatic carbocycles. The van der Waals surface area contributed by atoms with Crippen LogP contribution in [0.15, 0.2) is 0 Å². The van der Waals surface area contributed by atoms with Gasteiger partial charge >= 0.3 is 0 Å². The molecule has 0 spiro atoms. The van der Waals surface area contributed by atoms with Gasteiger partial charge in [-0.25, -0.2) is 0 Å². The average Bonchev–Trinajstić information content (AvgIpc) is 2.06. The van der Waals surface area contributed by atoms with E-state index < -0.39 is 0 Å². The van der Waals surface area contributed by atoms with Gasteiger partial charge in [-0.15, -0.1) is 0 Å². The Hall–Kier alpha value is -0.610. The first-order valence-electron chi connectivity index (χ1n) is 4.37. The monoisotopic (exact) mass is 173 g/mol. The fourth-order valence-corrected chi connectivity index (χ4v) is 0.841. The highest BCUT2D eigenvalue weighted by molar-refractivity contribution is 5.75. The molecule has 0 atom stereocenters. The Labute approximate surface area is 74.1 Å². The Morgan fingerprint density at radius 3 is 2.33 bits per heavy atom. The number of rotatable bonds is 7. The smallest absolute Gasteiger partial charge is 0.220 e. The maximum atomic E-state index is 11.0. The molecule has 0 aliphatic heterocycles. The van der Waals surface area contributed by atoms with Crippen molar-refractivity contribution >= 4 is 5.91 Å². The molecule has 1 amide bonds. The summed E-state index contributed by atoms with van der Waals surface area (Å²) in [6.07, 6.45) is 1.52. The van der Waals surface area contributed by atoms with Crippen molar-refractivity contribution in [1.82, 2.24) is 16.0 Å². The van der Waals surface area contributed by atoms with E-state index in [0.29, 0.717) is 6.42 Å². The van der Waals surface area contributed by atoms with Crippen molar-refractivity contribution in [2.24, 2.45) is 0 Å². The molecule has 3 N–H and O–H groups in total. The zero-order chi connectivity index (χ0) is 9.23. The standard InChI is InChI=1S/C8H19N3O/c1-9-5-3-4-8(12)11-7-6-10-2/h9-10H,3-7H2,1-2H3,(H,11,12). The fraction of sp³-hybridized carbons (Fsp3) is 0.875. The molecule has 4 nitrogen and oxygen atoms in total. The molecular weight excluding hydrogens is 154 g/mol. The number of amides is 1. The Morgan fingerprint density at radius 1 is 1.08 bits per heavy atom. The summed E-state index contributed by atoms with van der Waals surface area (Å²) in [5, 5.41) is 8.77. The average molecular weight is 173 g/mol. The van der Waals surface area contributed by atoms with Gasteiger partial charge in [-0.05, 0) is 27.1 Å². The molecule has 0 saturated carbocycles. The molecule has 0 fully saturated rings. The van der Waals surface area contributed by atoms with Crippen LogP contribution in [-0.4, -0.2) is 39.6 Å². The topological polar surface area (TPSA) is 53.2 Å². The van der Waals surface area contributed by atoms with Gasteiger partial charge in [0, 0.05) is 19.5 Å². The molecule has 0 bridgehead atoms. The van der Waals surface area contributed by atoms with E-state index in [1.165, 1.54) is 0 Å². The lowest BCUT2D eigenvalue weighted by Crippen LogP contribution is -2.30. The fourth-order valence-electron chi connectivity index (χ4n) is 0.841. The highest BCUT2D eigenvalue weighted by Gasteiger charge is 1.97. The summed E-state index contributed by atoms with van der Waals surface area (Å²) >= 11 is 0. The Kier molecular flexibility index (Phi) is 8.05. The molecule has 0 radical (unpaired) electrons. The van der Waals surface area contributed by atoms with Gasteiger partial charge in [0.15, 0.2) is 0 Å². The van der Waals surface area contributed by atoms with Gasteiger partial charge in [0.25, 0.3) is 0 Å². The van der Waals surface area contributed by atoms with Crippen molar-refractivity contribution in [3.63, 3.8) is 0 Å². The zero-order valence-electron chi connectivity index (χ0n) is 7.94. The zero-order valence-corrected chi connectivity index (χ0v) is 7.94. The summed E-state index contributed by atoms with van der Waals surface area (Å²) in [6.45, 7) is 2.45. The highest BCUT2D eigenvalue weighted by Crippen LogP contribution is 1.85. The van der Waals surface area contributed by atoms with Crippen molar-refractivity contribution in [2.45, 2.75) is 12.8 Å². The van der Waals surface area contributed by atoms with Crippen LogP contribution in [0.4, 0.5) is 0 Å². The molecule has 0 aromatic rings. The van der Waals surface area contributed by atoms with Crippen molar-refractivity contribution in [2.75, 3.05) is 33.7 Å². The number of carbonyl (C=O) groups is 1. The molecule has 0 aromatic heterocycles. The van der Waals surface area contributed by atoms with E-state index >= 15 is 0 Å². The predicted molar refractivity (Wildman–Crippen MR) is 50.1 cm³/mol. The van der Waals surface area contributed by atoms with Crippen LogP contribution in [-0.2, 0) is 4.79 Å². The van der Waals surface area contributed by atoms with E-state index in [4.69, 9.17) is 0 Å². The molecule has 12 heavy (non-hydrogen) atoms. The molecule has 0 saturated heterocycles. The van der Waals surface area contributed by atoms with Crippen LogP contribution in [0.25, 0.3) is 0 Å². The first kappa shape index (κ1) is 11.4. The lowest BCUT2D eigenvalue weighted by atomic mass is 10.3. The van der Waals surface area contributed by atoms with Crippen molar-refractivity contribution in [1.29, 1.82) is 0 Å². The molecule has 0 heterocycles. The summed E-state index contributed by atoms with van der Waals surface area (Å²) in [5.74, 6) is 0.139. The third-order valence-electron chi connectivity index (χ3n) is 1.53. The highest BCUT2D eigenvalue weighted by atomic mass is 16.1. The number of likely N-dealkylation sites (N-methyl/N-ethyl adjacent to an activating group) is 1. The molecule has 72 valence electrons. The Bertz CT molecular complexity index is 105. The Morgan fingerprint density at radius 2 is 1.75 bits per heavy atom. The number of carbonyl (C=O) groups excluding carboxylic acids is 1. The van der Waals surface area contributed by atoms with E-state index in [9.17, 15) is 4.79 Å². The van der Waals surface area contributed by atoms with Crippen LogP contribution in [0, 0.1) is 0 Å². The van der Waals surface area contributed by atoms with Crippen LogP contribution < -0.4 is 16.0 Å². The van der Waals surface area contributed by atoms with E-state index in [1.54, 1.807) is 0 Å². The van der Waals surface area contributed by atoms with Gasteiger partial charge in [0.05, 0.1) is 0 Å². The van der Waals surface area contributed by atoms with Gasteiger partial charge < -0.3 is 16.0 Å². The maximum absolute atomic E-state index is 11.0. The van der Waals surface area contributed by atoms with Gasteiger partial charge in [0.1, 0.15) is 0 Å². The van der Waals surface area contributed by atoms with E-state index in [1.807, 2.05) is 14.1 Å². The minimum atomic E-state index is 0.139. The number of nitrogens with one attached hydrogen (secondary N) is 3. The van der Waals surface area contributed by atoms with Crippen LogP contribution in [0.2, 0.25) is 0 Å². The largest absolute Gasteiger partial charge is 0.355 e. The first-order valence-corrected chi connectivity index (χ1v) is 4.37. The van der Waals surface area contributed by atoms with Crippen LogP contribution in [0.1, 0.15) is 12.8 Å². The first-order chi connectivity index (χ1) is 5.81. The quantitative estimate of drug-likeness (QED) is 0.447. The molecule has 0 aromatic carbocycles. The number of hydrogen-bond donors (Lipinski definition) is 3. The second kappa shape index (κ2) is 8.49. The summed E-state index contributed by atoms with van der Waals surface area (Å²) in [5.41, 5.74) is 0. The van der Waals surface area contributed by atoms with E-state index in [-0.39, 0.29) is 5.91 Å². The van der Waals surface area contributed by atoms with Crippen LogP contribution in [0.5, 0.6) is 0 Å². The predicted octanol–water partition coefficient (Wildman–Crippen LogP) is -0.678. The lowest BCUT2D eigenvalue weighted by Gasteiger charge is -2.03. The minimum absolute atomic E-state index is 0.139. The number of hydrogen-bond acceptors (Lipinski definition) is 3. The lowest BCUT2D eigenvalue weighted by molar-refractivity contribution is -0.121. The molecule has 0 aliphatic rings. The normalized spacial score (nSPS) is 9.83.